The van der Waals surface area contributed by atoms with Crippen molar-refractivity contribution in [1.82, 2.24) is 18.8 Å². The third kappa shape index (κ3) is 4.90. The number of aryl methyl sites for hydroxylation is 1. The van der Waals surface area contributed by atoms with E-state index in [-0.39, 0.29) is 10.8 Å². The number of nitrogens with one attached hydrogen (secondary N) is 1. The van der Waals surface area contributed by atoms with E-state index in [9.17, 15) is 13.2 Å². The Balaban J connectivity index is 1.48. The van der Waals surface area contributed by atoms with Crippen molar-refractivity contribution in [2.45, 2.75) is 18.4 Å². The molecule has 9 heteroatoms. The smallest absolute Gasteiger partial charge is 0.255 e. The fourth-order valence-corrected chi connectivity index (χ4v) is 5.35. The lowest BCUT2D eigenvalue weighted by Gasteiger charge is -2.32. The van der Waals surface area contributed by atoms with Crippen molar-refractivity contribution in [3.8, 4) is 0 Å². The van der Waals surface area contributed by atoms with Gasteiger partial charge in [0.2, 0.25) is 10.0 Å². The first-order valence-corrected chi connectivity index (χ1v) is 11.9. The number of rotatable bonds is 6. The van der Waals surface area contributed by atoms with Crippen LogP contribution in [0.25, 0.3) is 0 Å². The van der Waals surface area contributed by atoms with Crippen molar-refractivity contribution >= 4 is 21.6 Å². The zero-order chi connectivity index (χ0) is 22.7. The van der Waals surface area contributed by atoms with E-state index in [1.165, 1.54) is 4.31 Å². The van der Waals surface area contributed by atoms with Crippen molar-refractivity contribution < 1.29 is 13.2 Å². The summed E-state index contributed by atoms with van der Waals surface area (Å²) in [5, 5.41) is 2.83. The first-order valence-electron chi connectivity index (χ1n) is 10.5. The number of likely N-dealkylation sites (N-methyl/N-ethyl adjacent to an activating group) is 1. The monoisotopic (exact) mass is 453 g/mol. The average Bonchev–Trinajstić information content (AvgIpc) is 3.29. The number of piperazine rings is 1. The Morgan fingerprint density at radius 1 is 1.06 bits per heavy atom. The summed E-state index contributed by atoms with van der Waals surface area (Å²) < 4.78 is 29.8. The van der Waals surface area contributed by atoms with Crippen LogP contribution in [0.2, 0.25) is 0 Å². The van der Waals surface area contributed by atoms with E-state index in [2.05, 4.69) is 15.2 Å². The average molecular weight is 454 g/mol. The Bertz CT molecular complexity index is 1180. The molecule has 0 spiro atoms. The van der Waals surface area contributed by atoms with E-state index in [1.54, 1.807) is 49.8 Å². The molecule has 1 fully saturated rings. The number of carbonyl (C=O) groups is 1. The maximum Gasteiger partial charge on any atom is 0.255 e. The van der Waals surface area contributed by atoms with E-state index in [4.69, 9.17) is 0 Å². The number of nitrogens with zero attached hydrogens (tertiary/aromatic N) is 4. The molecule has 0 aliphatic carbocycles. The van der Waals surface area contributed by atoms with Crippen molar-refractivity contribution in [3.63, 3.8) is 0 Å². The summed E-state index contributed by atoms with van der Waals surface area (Å²) in [6.07, 6.45) is 5.35. The summed E-state index contributed by atoms with van der Waals surface area (Å²) >= 11 is 0. The molecule has 8 nitrogen and oxygen atoms in total. The van der Waals surface area contributed by atoms with E-state index in [1.807, 2.05) is 29.9 Å². The number of benzene rings is 2. The van der Waals surface area contributed by atoms with Crippen LogP contribution >= 0.6 is 0 Å². The number of sulfonamides is 1. The van der Waals surface area contributed by atoms with Crippen LogP contribution in [0, 0.1) is 6.92 Å². The first-order chi connectivity index (χ1) is 15.3. The van der Waals surface area contributed by atoms with Crippen molar-refractivity contribution in [2.24, 2.45) is 0 Å². The van der Waals surface area contributed by atoms with Gasteiger partial charge in [-0.1, -0.05) is 18.2 Å². The van der Waals surface area contributed by atoms with Gasteiger partial charge in [0.25, 0.3) is 5.91 Å². The minimum absolute atomic E-state index is 0.232. The molecular formula is C23H27N5O3S. The normalized spacial score (nSPS) is 15.6. The Kier molecular flexibility index (Phi) is 6.40. The highest BCUT2D eigenvalue weighted by atomic mass is 32.2. The van der Waals surface area contributed by atoms with Crippen LogP contribution in [0.4, 0.5) is 5.69 Å². The molecule has 0 radical (unpaired) electrons. The summed E-state index contributed by atoms with van der Waals surface area (Å²) in [6, 6.07) is 12.3. The Labute approximate surface area is 188 Å². The molecule has 3 aromatic rings. The van der Waals surface area contributed by atoms with Gasteiger partial charge in [-0.05, 0) is 49.4 Å². The summed E-state index contributed by atoms with van der Waals surface area (Å²) in [5.74, 6) is -0.286. The van der Waals surface area contributed by atoms with Crippen LogP contribution in [0.5, 0.6) is 0 Å². The number of imidazole rings is 1. The number of aromatic nitrogens is 2. The van der Waals surface area contributed by atoms with Crippen LogP contribution < -0.4 is 5.32 Å². The summed E-state index contributed by atoms with van der Waals surface area (Å²) in [5.41, 5.74) is 2.67. The Morgan fingerprint density at radius 2 is 1.78 bits per heavy atom. The SMILES string of the molecule is Cc1ccc(NC(=O)c2ccc(Cn3ccnc3)cc2)cc1S(=O)(=O)N1CCN(C)CC1. The van der Waals surface area contributed by atoms with Crippen LogP contribution in [0.1, 0.15) is 21.5 Å². The fourth-order valence-electron chi connectivity index (χ4n) is 3.68. The molecule has 1 aliphatic rings. The largest absolute Gasteiger partial charge is 0.333 e. The van der Waals surface area contributed by atoms with Gasteiger partial charge in [0.1, 0.15) is 0 Å². The quantitative estimate of drug-likeness (QED) is 0.619. The number of hydrogen-bond donors (Lipinski definition) is 1. The molecule has 1 aliphatic heterocycles. The third-order valence-electron chi connectivity index (χ3n) is 5.67. The standard InChI is InChI=1S/C23H27N5O3S/c1-18-3-8-21(15-22(18)32(30,31)28-13-11-26(2)12-14-28)25-23(29)20-6-4-19(5-7-20)16-27-10-9-24-17-27/h3-10,15,17H,11-14,16H2,1-2H3,(H,25,29). The van der Waals surface area contributed by atoms with Crippen molar-refractivity contribution in [2.75, 3.05) is 38.5 Å². The molecule has 2 aromatic carbocycles. The maximum atomic E-state index is 13.2. The summed E-state index contributed by atoms with van der Waals surface area (Å²) in [7, 11) is -1.64. The lowest BCUT2D eigenvalue weighted by atomic mass is 10.1. The number of hydrogen-bond acceptors (Lipinski definition) is 5. The zero-order valence-corrected chi connectivity index (χ0v) is 19.0. The summed E-state index contributed by atoms with van der Waals surface area (Å²) in [6.45, 7) is 4.76. The lowest BCUT2D eigenvalue weighted by molar-refractivity contribution is 0.102. The second-order valence-corrected chi connectivity index (χ2v) is 9.98. The molecule has 1 aromatic heterocycles. The molecule has 168 valence electrons. The van der Waals surface area contributed by atoms with Gasteiger partial charge in [0.15, 0.2) is 0 Å². The highest BCUT2D eigenvalue weighted by Crippen LogP contribution is 2.25. The predicted octanol–water partition coefficient (Wildman–Crippen LogP) is 2.43. The Hall–Kier alpha value is -3.01. The molecule has 1 N–H and O–H groups in total. The molecule has 1 amide bonds. The molecule has 4 rings (SSSR count). The van der Waals surface area contributed by atoms with E-state index >= 15 is 0 Å². The fraction of sp³-hybridized carbons (Fsp3) is 0.304. The van der Waals surface area contributed by atoms with Crippen LogP contribution in [-0.4, -0.2) is 66.3 Å². The summed E-state index contributed by atoms with van der Waals surface area (Å²) in [4.78, 5) is 19.1. The van der Waals surface area contributed by atoms with Crippen LogP contribution in [-0.2, 0) is 16.6 Å². The number of anilines is 1. The maximum absolute atomic E-state index is 13.2. The van der Waals surface area contributed by atoms with Gasteiger partial charge < -0.3 is 14.8 Å². The zero-order valence-electron chi connectivity index (χ0n) is 18.2. The van der Waals surface area contributed by atoms with Gasteiger partial charge >= 0.3 is 0 Å². The van der Waals surface area contributed by atoms with Crippen LogP contribution in [0.3, 0.4) is 0 Å². The van der Waals surface area contributed by atoms with Crippen molar-refractivity contribution in [3.05, 3.63) is 77.9 Å². The van der Waals surface area contributed by atoms with Gasteiger partial charge in [-0.2, -0.15) is 4.31 Å². The molecule has 0 atom stereocenters. The molecule has 2 heterocycles. The van der Waals surface area contributed by atoms with Crippen molar-refractivity contribution in [1.29, 1.82) is 0 Å². The van der Waals surface area contributed by atoms with E-state index in [0.717, 1.165) is 5.56 Å². The second kappa shape index (κ2) is 9.23. The Morgan fingerprint density at radius 3 is 2.44 bits per heavy atom. The second-order valence-electron chi connectivity index (χ2n) is 8.07. The lowest BCUT2D eigenvalue weighted by Crippen LogP contribution is -2.47. The number of amides is 1. The van der Waals surface area contributed by atoms with E-state index in [0.29, 0.717) is 49.5 Å². The van der Waals surface area contributed by atoms with Gasteiger partial charge in [0, 0.05) is 56.4 Å². The van der Waals surface area contributed by atoms with Crippen LogP contribution in [0.15, 0.2) is 66.1 Å². The minimum atomic E-state index is -3.62. The minimum Gasteiger partial charge on any atom is -0.333 e. The molecule has 0 bridgehead atoms. The number of carbonyl (C=O) groups excluding carboxylic acids is 1. The first kappa shape index (κ1) is 22.2. The molecule has 32 heavy (non-hydrogen) atoms. The predicted molar refractivity (Wildman–Crippen MR) is 123 cm³/mol. The topological polar surface area (TPSA) is 87.5 Å². The van der Waals surface area contributed by atoms with Gasteiger partial charge in [0.05, 0.1) is 11.2 Å². The third-order valence-corrected chi connectivity index (χ3v) is 7.71. The van der Waals surface area contributed by atoms with Gasteiger partial charge in [-0.3, -0.25) is 4.79 Å². The molecule has 0 unspecified atom stereocenters. The molecular weight excluding hydrogens is 426 g/mol. The highest BCUT2D eigenvalue weighted by Gasteiger charge is 2.29. The molecule has 1 saturated heterocycles. The highest BCUT2D eigenvalue weighted by molar-refractivity contribution is 7.89. The van der Waals surface area contributed by atoms with Gasteiger partial charge in [-0.25, -0.2) is 13.4 Å². The molecule has 0 saturated carbocycles. The van der Waals surface area contributed by atoms with E-state index < -0.39 is 10.0 Å². The van der Waals surface area contributed by atoms with Gasteiger partial charge in [-0.15, -0.1) is 0 Å².